The number of aromatic nitrogens is 1. The number of anilines is 1. The number of hydrogen-bond acceptors (Lipinski definition) is 4. The van der Waals surface area contributed by atoms with Gasteiger partial charge in [0, 0.05) is 25.3 Å². The Morgan fingerprint density at radius 1 is 1.47 bits per heavy atom. The Labute approximate surface area is 101 Å². The molecule has 1 saturated heterocycles. The van der Waals surface area contributed by atoms with Crippen LogP contribution in [0.25, 0.3) is 0 Å². The molecule has 0 radical (unpaired) electrons. The summed E-state index contributed by atoms with van der Waals surface area (Å²) >= 11 is 0. The Kier molecular flexibility index (Phi) is 5.37. The molecule has 1 fully saturated rings. The molecule has 2 rings (SSSR count). The lowest BCUT2D eigenvalue weighted by Crippen LogP contribution is -2.56. The second kappa shape index (κ2) is 5.76. The first-order valence-corrected chi connectivity index (χ1v) is 4.16. The number of halogens is 2. The molecule has 0 atom stereocenters. The van der Waals surface area contributed by atoms with Crippen molar-refractivity contribution in [1.82, 2.24) is 4.98 Å². The van der Waals surface area contributed by atoms with Gasteiger partial charge in [0.1, 0.15) is 5.82 Å². The number of pyridine rings is 1. The standard InChI is InChI=1S/C9H10N4.2ClH/c10-4-7-1-2-12-9(3-7)13-5-8(11)6-13;;/h1-3,8H,5-6,11H2;2*1H. The van der Waals surface area contributed by atoms with Crippen LogP contribution in [0.5, 0.6) is 0 Å². The van der Waals surface area contributed by atoms with Crippen LogP contribution in [0.4, 0.5) is 5.82 Å². The van der Waals surface area contributed by atoms with E-state index in [0.29, 0.717) is 5.56 Å². The summed E-state index contributed by atoms with van der Waals surface area (Å²) in [5.41, 5.74) is 6.29. The Hall–Kier alpha value is -1.02. The highest BCUT2D eigenvalue weighted by Crippen LogP contribution is 2.17. The Morgan fingerprint density at radius 3 is 2.67 bits per heavy atom. The van der Waals surface area contributed by atoms with E-state index in [-0.39, 0.29) is 30.9 Å². The fraction of sp³-hybridized carbons (Fsp3) is 0.333. The molecule has 1 aromatic rings. The van der Waals surface area contributed by atoms with Crippen molar-refractivity contribution in [1.29, 1.82) is 5.26 Å². The Balaban J connectivity index is 0.000000980. The summed E-state index contributed by atoms with van der Waals surface area (Å²) < 4.78 is 0. The zero-order valence-electron chi connectivity index (χ0n) is 7.96. The van der Waals surface area contributed by atoms with Gasteiger partial charge in [-0.05, 0) is 12.1 Å². The first-order chi connectivity index (χ1) is 6.29. The van der Waals surface area contributed by atoms with Crippen molar-refractivity contribution in [3.05, 3.63) is 23.9 Å². The predicted octanol–water partition coefficient (Wildman–Crippen LogP) is 0.944. The van der Waals surface area contributed by atoms with Gasteiger partial charge in [-0.1, -0.05) is 0 Å². The summed E-state index contributed by atoms with van der Waals surface area (Å²) in [6, 6.07) is 5.82. The number of rotatable bonds is 1. The van der Waals surface area contributed by atoms with Crippen molar-refractivity contribution < 1.29 is 0 Å². The molecule has 0 bridgehead atoms. The predicted molar refractivity (Wildman–Crippen MR) is 63.6 cm³/mol. The number of hydrogen-bond donors (Lipinski definition) is 1. The molecule has 0 aromatic carbocycles. The van der Waals surface area contributed by atoms with Gasteiger partial charge in [0.05, 0.1) is 11.6 Å². The quantitative estimate of drug-likeness (QED) is 0.802. The molecule has 0 amide bonds. The van der Waals surface area contributed by atoms with E-state index in [4.69, 9.17) is 11.0 Å². The lowest BCUT2D eigenvalue weighted by molar-refractivity contribution is 0.514. The van der Waals surface area contributed by atoms with Gasteiger partial charge in [0.25, 0.3) is 0 Å². The molecule has 4 nitrogen and oxygen atoms in total. The average molecular weight is 247 g/mol. The van der Waals surface area contributed by atoms with Crippen LogP contribution in [0.2, 0.25) is 0 Å². The third kappa shape index (κ3) is 2.96. The molecular formula is C9H12Cl2N4. The fourth-order valence-corrected chi connectivity index (χ4v) is 1.36. The second-order valence-electron chi connectivity index (χ2n) is 3.18. The molecule has 1 aromatic heterocycles. The van der Waals surface area contributed by atoms with Gasteiger partial charge < -0.3 is 10.6 Å². The molecule has 6 heteroatoms. The molecule has 0 unspecified atom stereocenters. The summed E-state index contributed by atoms with van der Waals surface area (Å²) in [5.74, 6) is 0.848. The van der Waals surface area contributed by atoms with Crippen molar-refractivity contribution in [2.75, 3.05) is 18.0 Å². The number of nitrogens with zero attached hydrogens (tertiary/aromatic N) is 3. The minimum atomic E-state index is 0. The molecule has 0 aliphatic carbocycles. The van der Waals surface area contributed by atoms with E-state index < -0.39 is 0 Å². The molecule has 82 valence electrons. The maximum Gasteiger partial charge on any atom is 0.129 e. The number of nitriles is 1. The van der Waals surface area contributed by atoms with Crippen LogP contribution in [0.3, 0.4) is 0 Å². The van der Waals surface area contributed by atoms with Gasteiger partial charge >= 0.3 is 0 Å². The normalized spacial score (nSPS) is 14.3. The maximum absolute atomic E-state index is 8.67. The van der Waals surface area contributed by atoms with Crippen molar-refractivity contribution in [2.24, 2.45) is 5.73 Å². The van der Waals surface area contributed by atoms with Crippen molar-refractivity contribution in [3.63, 3.8) is 0 Å². The van der Waals surface area contributed by atoms with E-state index in [2.05, 4.69) is 16.0 Å². The highest BCUT2D eigenvalue weighted by Gasteiger charge is 2.23. The van der Waals surface area contributed by atoms with E-state index >= 15 is 0 Å². The van der Waals surface area contributed by atoms with Crippen molar-refractivity contribution in [3.8, 4) is 6.07 Å². The largest absolute Gasteiger partial charge is 0.353 e. The minimum Gasteiger partial charge on any atom is -0.353 e. The van der Waals surface area contributed by atoms with E-state index in [9.17, 15) is 0 Å². The van der Waals surface area contributed by atoms with Crippen LogP contribution in [-0.4, -0.2) is 24.1 Å². The van der Waals surface area contributed by atoms with Gasteiger partial charge in [0.15, 0.2) is 0 Å². The Bertz CT molecular complexity index is 357. The van der Waals surface area contributed by atoms with E-state index in [1.54, 1.807) is 18.3 Å². The topological polar surface area (TPSA) is 65.9 Å². The van der Waals surface area contributed by atoms with Crippen LogP contribution in [0.15, 0.2) is 18.3 Å². The highest BCUT2D eigenvalue weighted by molar-refractivity contribution is 5.85. The van der Waals surface area contributed by atoms with Gasteiger partial charge in [-0.25, -0.2) is 4.98 Å². The molecular weight excluding hydrogens is 235 g/mol. The van der Waals surface area contributed by atoms with Crippen LogP contribution in [0, 0.1) is 11.3 Å². The minimum absolute atomic E-state index is 0. The first-order valence-electron chi connectivity index (χ1n) is 4.16. The third-order valence-electron chi connectivity index (χ3n) is 2.11. The molecule has 15 heavy (non-hydrogen) atoms. The lowest BCUT2D eigenvalue weighted by Gasteiger charge is -2.37. The molecule has 1 aliphatic heterocycles. The zero-order chi connectivity index (χ0) is 9.26. The summed E-state index contributed by atoms with van der Waals surface area (Å²) in [6.07, 6.45) is 1.65. The fourth-order valence-electron chi connectivity index (χ4n) is 1.36. The van der Waals surface area contributed by atoms with E-state index in [1.807, 2.05) is 0 Å². The van der Waals surface area contributed by atoms with Crippen LogP contribution in [-0.2, 0) is 0 Å². The van der Waals surface area contributed by atoms with Gasteiger partial charge in [-0.2, -0.15) is 5.26 Å². The van der Waals surface area contributed by atoms with Crippen LogP contribution in [0.1, 0.15) is 5.56 Å². The SMILES string of the molecule is Cl.Cl.N#Cc1ccnc(N2CC(N)C2)c1. The summed E-state index contributed by atoms with van der Waals surface area (Å²) in [6.45, 7) is 1.67. The highest BCUT2D eigenvalue weighted by atomic mass is 35.5. The molecule has 2 heterocycles. The second-order valence-corrected chi connectivity index (χ2v) is 3.18. The Morgan fingerprint density at radius 2 is 2.13 bits per heavy atom. The van der Waals surface area contributed by atoms with E-state index in [1.165, 1.54) is 0 Å². The average Bonchev–Trinajstić information content (AvgIpc) is 2.13. The third-order valence-corrected chi connectivity index (χ3v) is 2.11. The van der Waals surface area contributed by atoms with Crippen molar-refractivity contribution >= 4 is 30.6 Å². The van der Waals surface area contributed by atoms with E-state index in [0.717, 1.165) is 18.9 Å². The molecule has 0 saturated carbocycles. The van der Waals surface area contributed by atoms with Gasteiger partial charge in [-0.15, -0.1) is 24.8 Å². The van der Waals surface area contributed by atoms with Crippen LogP contribution >= 0.6 is 24.8 Å². The maximum atomic E-state index is 8.67. The zero-order valence-corrected chi connectivity index (χ0v) is 9.59. The molecule has 1 aliphatic rings. The number of nitrogens with two attached hydrogens (primary N) is 1. The van der Waals surface area contributed by atoms with Gasteiger partial charge in [0.2, 0.25) is 0 Å². The summed E-state index contributed by atoms with van der Waals surface area (Å²) in [7, 11) is 0. The monoisotopic (exact) mass is 246 g/mol. The molecule has 2 N–H and O–H groups in total. The lowest BCUT2D eigenvalue weighted by atomic mass is 10.1. The van der Waals surface area contributed by atoms with Gasteiger partial charge in [-0.3, -0.25) is 0 Å². The molecule has 0 spiro atoms. The summed E-state index contributed by atoms with van der Waals surface area (Å²) in [5, 5.41) is 8.67. The van der Waals surface area contributed by atoms with Crippen molar-refractivity contribution in [2.45, 2.75) is 6.04 Å². The van der Waals surface area contributed by atoms with Crippen LogP contribution < -0.4 is 10.6 Å². The first kappa shape index (κ1) is 14.0. The summed E-state index contributed by atoms with van der Waals surface area (Å²) in [4.78, 5) is 6.22. The smallest absolute Gasteiger partial charge is 0.129 e.